The van der Waals surface area contributed by atoms with Crippen molar-refractivity contribution < 1.29 is 32.5 Å². The largest absolute Gasteiger partial charge is 0.451 e. The first-order valence-corrected chi connectivity index (χ1v) is 7.15. The fraction of sp³-hybridized carbons (Fsp3) is 0.750. The van der Waals surface area contributed by atoms with E-state index in [1.165, 1.54) is 12.1 Å². The lowest BCUT2D eigenvalue weighted by Gasteiger charge is -2.17. The minimum atomic E-state index is -5.08. The van der Waals surface area contributed by atoms with Gasteiger partial charge in [0.15, 0.2) is 12.7 Å². The van der Waals surface area contributed by atoms with Crippen LogP contribution in [0.2, 0.25) is 0 Å². The number of nitrogens with one attached hydrogen (secondary N) is 2. The molecule has 0 bridgehead atoms. The Hall–Kier alpha value is -0.760. The van der Waals surface area contributed by atoms with Gasteiger partial charge >= 0.3 is 6.18 Å². The van der Waals surface area contributed by atoms with Crippen molar-refractivity contribution in [3.8, 4) is 0 Å². The summed E-state index contributed by atoms with van der Waals surface area (Å²) in [4.78, 5) is 21.7. The van der Waals surface area contributed by atoms with Gasteiger partial charge in [-0.15, -0.1) is 0 Å². The van der Waals surface area contributed by atoms with Crippen molar-refractivity contribution in [2.24, 2.45) is 0 Å². The van der Waals surface area contributed by atoms with Crippen molar-refractivity contribution in [3.63, 3.8) is 0 Å². The maximum atomic E-state index is 12.0. The Bertz CT molecular complexity index is 372. The van der Waals surface area contributed by atoms with Crippen molar-refractivity contribution in [3.05, 3.63) is 0 Å². The SMILES string of the molecule is CC(=O)P(C)(=O)CNCC(NO)C(=O)C(F)(F)F. The number of Topliss-reactive ketones (excluding diaryl/α,β-unsaturated/α-hetero) is 1. The molecule has 0 amide bonds. The average molecular weight is 290 g/mol. The molecule has 0 rings (SSSR count). The third-order valence-electron chi connectivity index (χ3n) is 2.18. The molecule has 0 aromatic carbocycles. The van der Waals surface area contributed by atoms with Crippen LogP contribution in [-0.4, -0.2) is 48.2 Å². The van der Waals surface area contributed by atoms with E-state index in [9.17, 15) is 27.3 Å². The van der Waals surface area contributed by atoms with E-state index in [4.69, 9.17) is 5.21 Å². The number of alkyl halides is 3. The fourth-order valence-electron chi connectivity index (χ4n) is 0.928. The van der Waals surface area contributed by atoms with Crippen molar-refractivity contribution in [1.82, 2.24) is 10.8 Å². The molecular weight excluding hydrogens is 276 g/mol. The van der Waals surface area contributed by atoms with Crippen LogP contribution in [-0.2, 0) is 14.2 Å². The van der Waals surface area contributed by atoms with Crippen molar-refractivity contribution in [2.75, 3.05) is 19.5 Å². The smallest absolute Gasteiger partial charge is 0.316 e. The molecule has 106 valence electrons. The van der Waals surface area contributed by atoms with Crippen LogP contribution >= 0.6 is 7.14 Å². The van der Waals surface area contributed by atoms with Gasteiger partial charge in [0.2, 0.25) is 0 Å². The molecule has 0 saturated carbocycles. The zero-order valence-corrected chi connectivity index (χ0v) is 10.6. The van der Waals surface area contributed by atoms with Crippen LogP contribution in [0.4, 0.5) is 13.2 Å². The van der Waals surface area contributed by atoms with Gasteiger partial charge in [0, 0.05) is 13.5 Å². The molecule has 18 heavy (non-hydrogen) atoms. The zero-order valence-electron chi connectivity index (χ0n) is 9.74. The number of hydroxylamine groups is 1. The maximum Gasteiger partial charge on any atom is 0.451 e. The molecule has 0 aliphatic heterocycles. The standard InChI is InChI=1S/C8H14F3N2O4P/c1-5(14)18(2,17)4-12-3-6(13-16)7(15)8(9,10)11/h6,12-13,16H,3-4H2,1-2H3. The second-order valence-corrected chi connectivity index (χ2v) is 6.92. The Morgan fingerprint density at radius 3 is 2.22 bits per heavy atom. The number of carbonyl (C=O) groups is 2. The lowest BCUT2D eigenvalue weighted by Crippen LogP contribution is -2.48. The summed E-state index contributed by atoms with van der Waals surface area (Å²) in [5.41, 5.74) is 0.639. The van der Waals surface area contributed by atoms with E-state index in [1.807, 2.05) is 0 Å². The van der Waals surface area contributed by atoms with Gasteiger partial charge in [-0.1, -0.05) is 0 Å². The first-order chi connectivity index (χ1) is 8.02. The van der Waals surface area contributed by atoms with Gasteiger partial charge in [-0.05, 0) is 6.66 Å². The Morgan fingerprint density at radius 2 is 1.89 bits per heavy atom. The highest BCUT2D eigenvalue weighted by molar-refractivity contribution is 7.79. The number of ketones is 1. The average Bonchev–Trinajstić information content (AvgIpc) is 2.22. The summed E-state index contributed by atoms with van der Waals surface area (Å²) >= 11 is 0. The molecule has 0 aliphatic rings. The van der Waals surface area contributed by atoms with Crippen LogP contribution in [0.3, 0.4) is 0 Å². The predicted octanol–water partition coefficient (Wildman–Crippen LogP) is 0.552. The van der Waals surface area contributed by atoms with Gasteiger partial charge in [-0.3, -0.25) is 9.59 Å². The van der Waals surface area contributed by atoms with Crippen LogP contribution in [0.1, 0.15) is 6.92 Å². The third kappa shape index (κ3) is 5.26. The summed E-state index contributed by atoms with van der Waals surface area (Å²) in [7, 11) is -3.15. The monoisotopic (exact) mass is 290 g/mol. The van der Waals surface area contributed by atoms with Crippen molar-refractivity contribution in [1.29, 1.82) is 0 Å². The first kappa shape index (κ1) is 17.2. The molecule has 0 heterocycles. The summed E-state index contributed by atoms with van der Waals surface area (Å²) < 4.78 is 47.7. The minimum Gasteiger partial charge on any atom is -0.316 e. The van der Waals surface area contributed by atoms with Crippen LogP contribution < -0.4 is 10.8 Å². The predicted molar refractivity (Wildman–Crippen MR) is 56.9 cm³/mol. The lowest BCUT2D eigenvalue weighted by molar-refractivity contribution is -0.175. The zero-order chi connectivity index (χ0) is 14.6. The topological polar surface area (TPSA) is 95.5 Å². The van der Waals surface area contributed by atoms with Gasteiger partial charge in [0.1, 0.15) is 6.04 Å². The number of hydrogen-bond acceptors (Lipinski definition) is 6. The highest BCUT2D eigenvalue weighted by Gasteiger charge is 2.43. The molecule has 0 saturated heterocycles. The molecule has 0 fully saturated rings. The summed E-state index contributed by atoms with van der Waals surface area (Å²) in [6.45, 7) is 1.68. The lowest BCUT2D eigenvalue weighted by atomic mass is 10.2. The fourth-order valence-corrected chi connectivity index (χ4v) is 1.71. The van der Waals surface area contributed by atoms with E-state index >= 15 is 0 Å². The van der Waals surface area contributed by atoms with Crippen LogP contribution in [0.25, 0.3) is 0 Å². The van der Waals surface area contributed by atoms with Gasteiger partial charge in [-0.25, -0.2) is 0 Å². The molecule has 0 spiro atoms. The summed E-state index contributed by atoms with van der Waals surface area (Å²) in [6.07, 6.45) is -5.43. The first-order valence-electron chi connectivity index (χ1n) is 4.81. The normalized spacial score (nSPS) is 17.0. The third-order valence-corrected chi connectivity index (χ3v) is 4.34. The highest BCUT2D eigenvalue weighted by atomic mass is 31.2. The minimum absolute atomic E-state index is 0.342. The Labute approximate surface area is 101 Å². The second-order valence-electron chi connectivity index (χ2n) is 3.78. The molecule has 6 nitrogen and oxygen atoms in total. The van der Waals surface area contributed by atoms with Gasteiger partial charge in [-0.2, -0.15) is 18.7 Å². The summed E-state index contributed by atoms with van der Waals surface area (Å²) in [5.74, 6) is -2.16. The van der Waals surface area contributed by atoms with E-state index in [-0.39, 0.29) is 6.29 Å². The molecule has 3 N–H and O–H groups in total. The van der Waals surface area contributed by atoms with Crippen LogP contribution in [0.5, 0.6) is 0 Å². The second kappa shape index (κ2) is 6.42. The molecule has 10 heteroatoms. The van der Waals surface area contributed by atoms with E-state index < -0.39 is 37.2 Å². The van der Waals surface area contributed by atoms with Gasteiger partial charge in [0.05, 0.1) is 6.29 Å². The number of hydrogen-bond donors (Lipinski definition) is 3. The van der Waals surface area contributed by atoms with E-state index in [0.717, 1.165) is 6.92 Å². The van der Waals surface area contributed by atoms with E-state index in [1.54, 1.807) is 0 Å². The molecule has 0 aromatic heterocycles. The van der Waals surface area contributed by atoms with Crippen molar-refractivity contribution in [2.45, 2.75) is 19.1 Å². The molecule has 0 radical (unpaired) electrons. The van der Waals surface area contributed by atoms with Gasteiger partial charge in [0.25, 0.3) is 5.78 Å². The molecule has 2 unspecified atom stereocenters. The Balaban J connectivity index is 4.39. The highest BCUT2D eigenvalue weighted by Crippen LogP contribution is 2.40. The van der Waals surface area contributed by atoms with E-state index in [2.05, 4.69) is 5.32 Å². The number of halogens is 3. The molecular formula is C8H14F3N2O4P. The summed E-state index contributed by atoms with van der Waals surface area (Å²) in [5, 5.41) is 10.7. The quantitative estimate of drug-likeness (QED) is 0.468. The number of rotatable bonds is 7. The van der Waals surface area contributed by atoms with Gasteiger partial charge < -0.3 is 15.1 Å². The Morgan fingerprint density at radius 1 is 1.39 bits per heavy atom. The molecule has 0 aromatic rings. The molecule has 0 aliphatic carbocycles. The van der Waals surface area contributed by atoms with Crippen molar-refractivity contribution >= 4 is 18.4 Å². The van der Waals surface area contributed by atoms with Crippen LogP contribution in [0, 0.1) is 0 Å². The van der Waals surface area contributed by atoms with Crippen LogP contribution in [0.15, 0.2) is 0 Å². The molecule has 2 atom stereocenters. The number of carbonyl (C=O) groups excluding carboxylic acids is 2. The van der Waals surface area contributed by atoms with E-state index in [0.29, 0.717) is 0 Å². The maximum absolute atomic E-state index is 12.0. The Kier molecular flexibility index (Phi) is 6.15. The summed E-state index contributed by atoms with van der Waals surface area (Å²) in [6, 6.07) is -1.91.